The van der Waals surface area contributed by atoms with E-state index in [0.717, 1.165) is 17.0 Å². The van der Waals surface area contributed by atoms with Gasteiger partial charge in [0.05, 0.1) is 29.5 Å². The van der Waals surface area contributed by atoms with Gasteiger partial charge >= 0.3 is 6.18 Å². The SMILES string of the molecule is Cc1nc2c(c3cc(C(=O)NCc4cnccn4)ccc3n2-c2ccc(C(F)(F)F)s2)n1C. The second kappa shape index (κ2) is 7.69. The van der Waals surface area contributed by atoms with Gasteiger partial charge in [0.2, 0.25) is 0 Å². The molecule has 4 aromatic heterocycles. The summed E-state index contributed by atoms with van der Waals surface area (Å²) >= 11 is 0.655. The predicted octanol–water partition coefficient (Wildman–Crippen LogP) is 4.63. The van der Waals surface area contributed by atoms with Gasteiger partial charge in [-0.15, -0.1) is 11.3 Å². The zero-order valence-corrected chi connectivity index (χ0v) is 18.3. The Balaban J connectivity index is 1.60. The molecule has 0 atom stereocenters. The van der Waals surface area contributed by atoms with Crippen molar-refractivity contribution in [3.63, 3.8) is 0 Å². The Bertz CT molecular complexity index is 1500. The Labute approximate surface area is 189 Å². The van der Waals surface area contributed by atoms with Crippen LogP contribution in [0, 0.1) is 6.92 Å². The minimum atomic E-state index is -4.42. The van der Waals surface area contributed by atoms with Crippen molar-refractivity contribution in [3.8, 4) is 5.00 Å². The number of amides is 1. The van der Waals surface area contributed by atoms with Crippen LogP contribution in [0.5, 0.6) is 0 Å². The van der Waals surface area contributed by atoms with Crippen LogP contribution in [0.1, 0.15) is 26.8 Å². The normalized spacial score (nSPS) is 12.0. The summed E-state index contributed by atoms with van der Waals surface area (Å²) in [7, 11) is 1.84. The summed E-state index contributed by atoms with van der Waals surface area (Å²) in [6.45, 7) is 2.05. The summed E-state index contributed by atoms with van der Waals surface area (Å²) in [5.74, 6) is 0.415. The van der Waals surface area contributed by atoms with E-state index in [9.17, 15) is 18.0 Å². The molecular weight excluding hydrogens is 453 g/mol. The topological polar surface area (TPSA) is 77.6 Å². The minimum absolute atomic E-state index is 0.224. The van der Waals surface area contributed by atoms with E-state index >= 15 is 0 Å². The number of nitrogens with zero attached hydrogens (tertiary/aromatic N) is 5. The maximum atomic E-state index is 13.2. The highest BCUT2D eigenvalue weighted by Crippen LogP contribution is 2.39. The standard InChI is InChI=1S/C22H17F3N6OS/c1-12-29-20-19(30(12)2)15-9-13(21(32)28-11-14-10-26-7-8-27-14)3-4-16(15)31(20)18-6-5-17(33-18)22(23,24)25/h3-10H,11H2,1-2H3,(H,28,32). The maximum Gasteiger partial charge on any atom is 0.425 e. The van der Waals surface area contributed by atoms with Crippen LogP contribution in [0.3, 0.4) is 0 Å². The number of aryl methyl sites for hydroxylation is 2. The van der Waals surface area contributed by atoms with Crippen LogP contribution in [-0.2, 0) is 19.8 Å². The number of thiophene rings is 1. The second-order valence-electron chi connectivity index (χ2n) is 7.47. The molecule has 0 aliphatic heterocycles. The summed E-state index contributed by atoms with van der Waals surface area (Å²) in [6.07, 6.45) is 0.254. The van der Waals surface area contributed by atoms with Crippen molar-refractivity contribution in [2.24, 2.45) is 7.05 Å². The third kappa shape index (κ3) is 3.63. The molecular formula is C22H17F3N6OS. The van der Waals surface area contributed by atoms with E-state index in [1.807, 2.05) is 18.5 Å². The van der Waals surface area contributed by atoms with Crippen molar-refractivity contribution < 1.29 is 18.0 Å². The zero-order valence-electron chi connectivity index (χ0n) is 17.5. The van der Waals surface area contributed by atoms with Crippen LogP contribution in [-0.4, -0.2) is 30.0 Å². The largest absolute Gasteiger partial charge is 0.425 e. The van der Waals surface area contributed by atoms with Crippen LogP contribution >= 0.6 is 11.3 Å². The van der Waals surface area contributed by atoms with E-state index in [1.54, 1.807) is 41.4 Å². The lowest BCUT2D eigenvalue weighted by atomic mass is 10.1. The van der Waals surface area contributed by atoms with Crippen molar-refractivity contribution in [2.45, 2.75) is 19.6 Å². The lowest BCUT2D eigenvalue weighted by molar-refractivity contribution is -0.134. The van der Waals surface area contributed by atoms with E-state index in [1.165, 1.54) is 6.07 Å². The van der Waals surface area contributed by atoms with E-state index in [0.29, 0.717) is 44.6 Å². The minimum Gasteiger partial charge on any atom is -0.346 e. The van der Waals surface area contributed by atoms with Gasteiger partial charge in [-0.3, -0.25) is 19.3 Å². The lowest BCUT2D eigenvalue weighted by Crippen LogP contribution is -2.23. The highest BCUT2D eigenvalue weighted by Gasteiger charge is 2.33. The van der Waals surface area contributed by atoms with Crippen molar-refractivity contribution in [2.75, 3.05) is 0 Å². The number of aromatic nitrogens is 5. The Morgan fingerprint density at radius 2 is 2.00 bits per heavy atom. The fourth-order valence-electron chi connectivity index (χ4n) is 3.74. The molecule has 1 N–H and O–H groups in total. The fourth-order valence-corrected chi connectivity index (χ4v) is 4.63. The first kappa shape index (κ1) is 21.1. The first-order valence-electron chi connectivity index (χ1n) is 9.92. The summed E-state index contributed by atoms with van der Waals surface area (Å²) in [5, 5.41) is 3.94. The lowest BCUT2D eigenvalue weighted by Gasteiger charge is -2.07. The number of rotatable bonds is 4. The molecule has 0 aliphatic carbocycles. The molecule has 1 amide bonds. The van der Waals surface area contributed by atoms with Crippen LogP contribution in [0.25, 0.3) is 27.1 Å². The van der Waals surface area contributed by atoms with Gasteiger partial charge in [-0.1, -0.05) is 0 Å². The molecule has 0 radical (unpaired) electrons. The number of benzene rings is 1. The Hall–Kier alpha value is -3.73. The first-order chi connectivity index (χ1) is 15.7. The average molecular weight is 470 g/mol. The van der Waals surface area contributed by atoms with Gasteiger partial charge < -0.3 is 9.88 Å². The van der Waals surface area contributed by atoms with Crippen LogP contribution in [0.15, 0.2) is 48.9 Å². The van der Waals surface area contributed by atoms with Crippen LogP contribution in [0.2, 0.25) is 0 Å². The number of imidazole rings is 1. The number of carbonyl (C=O) groups is 1. The van der Waals surface area contributed by atoms with Crippen LogP contribution < -0.4 is 5.32 Å². The van der Waals surface area contributed by atoms with Gasteiger partial charge in [0, 0.05) is 30.4 Å². The molecule has 7 nitrogen and oxygen atoms in total. The molecule has 168 valence electrons. The van der Waals surface area contributed by atoms with E-state index in [2.05, 4.69) is 20.3 Å². The Kier molecular flexibility index (Phi) is 4.93. The molecule has 0 saturated heterocycles. The third-order valence-electron chi connectivity index (χ3n) is 5.41. The molecule has 0 aliphatic rings. The summed E-state index contributed by atoms with van der Waals surface area (Å²) in [6, 6.07) is 7.63. The van der Waals surface area contributed by atoms with Gasteiger partial charge in [-0.05, 0) is 37.3 Å². The molecule has 0 bridgehead atoms. The molecule has 0 unspecified atom stereocenters. The molecule has 33 heavy (non-hydrogen) atoms. The second-order valence-corrected chi connectivity index (χ2v) is 8.53. The van der Waals surface area contributed by atoms with Gasteiger partial charge in [0.15, 0.2) is 5.65 Å². The molecule has 0 fully saturated rings. The van der Waals surface area contributed by atoms with Crippen molar-refractivity contribution in [1.82, 2.24) is 29.4 Å². The van der Waals surface area contributed by atoms with E-state index in [-0.39, 0.29) is 12.5 Å². The number of fused-ring (bicyclic) bond motifs is 3. The molecule has 11 heteroatoms. The highest BCUT2D eigenvalue weighted by molar-refractivity contribution is 7.14. The van der Waals surface area contributed by atoms with Crippen molar-refractivity contribution in [3.05, 3.63) is 70.9 Å². The molecule has 5 aromatic rings. The number of nitrogens with one attached hydrogen (secondary N) is 1. The third-order valence-corrected chi connectivity index (χ3v) is 6.52. The average Bonchev–Trinajstić information content (AvgIpc) is 3.47. The quantitative estimate of drug-likeness (QED) is 0.416. The van der Waals surface area contributed by atoms with Crippen LogP contribution in [0.4, 0.5) is 13.2 Å². The summed E-state index contributed by atoms with van der Waals surface area (Å²) < 4.78 is 43.2. The number of alkyl halides is 3. The smallest absolute Gasteiger partial charge is 0.346 e. The van der Waals surface area contributed by atoms with Gasteiger partial charge in [-0.25, -0.2) is 4.98 Å². The number of carbonyl (C=O) groups excluding carboxylic acids is 1. The molecule has 1 aromatic carbocycles. The van der Waals surface area contributed by atoms with E-state index < -0.39 is 11.1 Å². The number of halogens is 3. The van der Waals surface area contributed by atoms with E-state index in [4.69, 9.17) is 0 Å². The van der Waals surface area contributed by atoms with Crippen molar-refractivity contribution >= 4 is 39.3 Å². The molecule has 0 spiro atoms. The first-order valence-corrected chi connectivity index (χ1v) is 10.7. The van der Waals surface area contributed by atoms with Gasteiger partial charge in [0.25, 0.3) is 5.91 Å². The van der Waals surface area contributed by atoms with Gasteiger partial charge in [-0.2, -0.15) is 13.2 Å². The molecule has 0 saturated carbocycles. The number of hydrogen-bond acceptors (Lipinski definition) is 5. The summed E-state index contributed by atoms with van der Waals surface area (Å²) in [5.41, 5.74) is 3.00. The zero-order chi connectivity index (χ0) is 23.3. The Morgan fingerprint density at radius 3 is 2.70 bits per heavy atom. The van der Waals surface area contributed by atoms with Gasteiger partial charge in [0.1, 0.15) is 15.7 Å². The fraction of sp³-hybridized carbons (Fsp3) is 0.182. The predicted molar refractivity (Wildman–Crippen MR) is 118 cm³/mol. The number of hydrogen-bond donors (Lipinski definition) is 1. The van der Waals surface area contributed by atoms with Crippen molar-refractivity contribution in [1.29, 1.82) is 0 Å². The Morgan fingerprint density at radius 1 is 1.18 bits per heavy atom. The summed E-state index contributed by atoms with van der Waals surface area (Å²) in [4.78, 5) is 24.8. The maximum absolute atomic E-state index is 13.2. The molecule has 5 rings (SSSR count). The highest BCUT2D eigenvalue weighted by atomic mass is 32.1. The monoisotopic (exact) mass is 470 g/mol. The molecule has 4 heterocycles.